The number of carbonyl (C=O) groups is 2. The average molecular weight is 380 g/mol. The van der Waals surface area contributed by atoms with Gasteiger partial charge in [0.2, 0.25) is 0 Å². The maximum Gasteiger partial charge on any atom is 0.348 e. The van der Waals surface area contributed by atoms with Gasteiger partial charge in [-0.05, 0) is 39.7 Å². The Labute approximate surface area is 155 Å². The van der Waals surface area contributed by atoms with Crippen molar-refractivity contribution in [1.29, 1.82) is 0 Å². The third-order valence-corrected chi connectivity index (χ3v) is 5.08. The molecule has 7 nitrogen and oxygen atoms in total. The van der Waals surface area contributed by atoms with E-state index in [2.05, 4.69) is 4.98 Å². The van der Waals surface area contributed by atoms with Crippen LogP contribution in [0, 0.1) is 6.92 Å². The summed E-state index contributed by atoms with van der Waals surface area (Å²) >= 11 is 1.12. The van der Waals surface area contributed by atoms with E-state index in [1.807, 2.05) is 6.92 Å². The summed E-state index contributed by atoms with van der Waals surface area (Å²) in [6, 6.07) is -0.790. The molecule has 0 N–H and O–H groups in total. The minimum Gasteiger partial charge on any atom is -0.464 e. The number of fused-ring (bicyclic) bond motifs is 1. The van der Waals surface area contributed by atoms with Crippen LogP contribution in [0.3, 0.4) is 0 Å². The fourth-order valence-electron chi connectivity index (χ4n) is 2.43. The highest BCUT2D eigenvalue weighted by molar-refractivity contribution is 7.20. The van der Waals surface area contributed by atoms with Gasteiger partial charge in [-0.25, -0.2) is 14.6 Å². The molecule has 0 radical (unpaired) electrons. The van der Waals surface area contributed by atoms with E-state index < -0.39 is 18.0 Å². The number of rotatable bonds is 7. The second kappa shape index (κ2) is 8.44. The smallest absolute Gasteiger partial charge is 0.348 e. The Morgan fingerprint density at radius 2 is 2.00 bits per heavy atom. The monoisotopic (exact) mass is 380 g/mol. The third-order valence-electron chi connectivity index (χ3n) is 3.90. The van der Waals surface area contributed by atoms with Crippen molar-refractivity contribution in [3.8, 4) is 0 Å². The normalized spacial score (nSPS) is 12.4. The van der Waals surface area contributed by atoms with E-state index in [9.17, 15) is 14.4 Å². The van der Waals surface area contributed by atoms with Crippen molar-refractivity contribution >= 4 is 33.5 Å². The number of esters is 2. The zero-order valence-electron chi connectivity index (χ0n) is 15.7. The van der Waals surface area contributed by atoms with Crippen LogP contribution in [0.25, 0.3) is 10.2 Å². The summed E-state index contributed by atoms with van der Waals surface area (Å²) in [7, 11) is 0. The van der Waals surface area contributed by atoms with Crippen molar-refractivity contribution in [2.24, 2.45) is 0 Å². The van der Waals surface area contributed by atoms with Crippen LogP contribution >= 0.6 is 11.3 Å². The lowest BCUT2D eigenvalue weighted by Gasteiger charge is -2.14. The number of carbonyl (C=O) groups excluding carboxylic acids is 2. The molecule has 0 fully saturated rings. The molecule has 0 amide bonds. The van der Waals surface area contributed by atoms with Crippen LogP contribution < -0.4 is 5.56 Å². The van der Waals surface area contributed by atoms with E-state index in [1.54, 1.807) is 27.7 Å². The minimum absolute atomic E-state index is 0.255. The van der Waals surface area contributed by atoms with Gasteiger partial charge in [0.15, 0.2) is 0 Å². The summed E-state index contributed by atoms with van der Waals surface area (Å²) in [5.74, 6) is -0.951. The Balaban J connectivity index is 2.38. The first-order valence-corrected chi connectivity index (χ1v) is 9.47. The van der Waals surface area contributed by atoms with Crippen LogP contribution in [-0.4, -0.2) is 34.2 Å². The van der Waals surface area contributed by atoms with E-state index in [0.29, 0.717) is 27.3 Å². The molecule has 0 bridgehead atoms. The second-order valence-electron chi connectivity index (χ2n) is 6.34. The highest BCUT2D eigenvalue weighted by atomic mass is 32.1. The van der Waals surface area contributed by atoms with Gasteiger partial charge in [0, 0.05) is 0 Å². The highest BCUT2D eigenvalue weighted by Gasteiger charge is 2.24. The Bertz CT molecular complexity index is 868. The third kappa shape index (κ3) is 4.12. The molecule has 8 heteroatoms. The predicted octanol–water partition coefficient (Wildman–Crippen LogP) is 3.24. The first-order valence-electron chi connectivity index (χ1n) is 8.65. The van der Waals surface area contributed by atoms with Gasteiger partial charge in [-0.3, -0.25) is 9.36 Å². The van der Waals surface area contributed by atoms with Gasteiger partial charge in [-0.1, -0.05) is 13.3 Å². The number of unbranched alkanes of at least 4 members (excludes halogenated alkanes) is 1. The van der Waals surface area contributed by atoms with Gasteiger partial charge < -0.3 is 9.47 Å². The first-order chi connectivity index (χ1) is 12.3. The van der Waals surface area contributed by atoms with Crippen LogP contribution in [0.4, 0.5) is 0 Å². The Kier molecular flexibility index (Phi) is 6.52. The molecule has 2 aromatic heterocycles. The molecule has 2 rings (SSSR count). The van der Waals surface area contributed by atoms with Crippen molar-refractivity contribution in [3.63, 3.8) is 0 Å². The topological polar surface area (TPSA) is 87.5 Å². The van der Waals surface area contributed by atoms with Gasteiger partial charge in [0.05, 0.1) is 24.4 Å². The predicted molar refractivity (Wildman–Crippen MR) is 99.7 cm³/mol. The standard InChI is InChI=1S/C18H24N2O5S/c1-6-7-8-24-17(22)12(5)20-9-19-15-13(16(20)21)11(4)14(26-15)18(23)25-10(2)3/h9-10,12H,6-8H2,1-5H3. The molecule has 0 spiro atoms. The van der Waals surface area contributed by atoms with E-state index in [0.717, 1.165) is 24.2 Å². The van der Waals surface area contributed by atoms with E-state index in [4.69, 9.17) is 9.47 Å². The summed E-state index contributed by atoms with van der Waals surface area (Å²) < 4.78 is 11.6. The lowest BCUT2D eigenvalue weighted by molar-refractivity contribution is -0.147. The number of ether oxygens (including phenoxy) is 2. The summed E-state index contributed by atoms with van der Waals surface area (Å²) in [6.07, 6.45) is 2.76. The molecule has 26 heavy (non-hydrogen) atoms. The summed E-state index contributed by atoms with van der Waals surface area (Å²) in [4.78, 5) is 42.3. The molecule has 2 aromatic rings. The summed E-state index contributed by atoms with van der Waals surface area (Å²) in [5, 5.41) is 0.335. The minimum atomic E-state index is -0.790. The van der Waals surface area contributed by atoms with Crippen LogP contribution in [0.1, 0.15) is 61.8 Å². The first kappa shape index (κ1) is 20.1. The fourth-order valence-corrected chi connectivity index (χ4v) is 3.45. The Morgan fingerprint density at radius 3 is 2.62 bits per heavy atom. The van der Waals surface area contributed by atoms with Crippen molar-refractivity contribution in [1.82, 2.24) is 9.55 Å². The molecule has 0 aliphatic carbocycles. The van der Waals surface area contributed by atoms with Crippen LogP contribution in [-0.2, 0) is 14.3 Å². The number of aromatic nitrogens is 2. The summed E-state index contributed by atoms with van der Waals surface area (Å²) in [5.41, 5.74) is 0.154. The fraction of sp³-hybridized carbons (Fsp3) is 0.556. The molecule has 0 aliphatic heterocycles. The molecule has 0 aliphatic rings. The number of thiophene rings is 1. The maximum absolute atomic E-state index is 12.9. The van der Waals surface area contributed by atoms with Gasteiger partial charge in [-0.15, -0.1) is 11.3 Å². The molecule has 0 aromatic carbocycles. The zero-order valence-corrected chi connectivity index (χ0v) is 16.5. The average Bonchev–Trinajstić information content (AvgIpc) is 2.92. The number of nitrogens with zero attached hydrogens (tertiary/aromatic N) is 2. The van der Waals surface area contributed by atoms with Crippen molar-refractivity contribution in [2.45, 2.75) is 59.6 Å². The maximum atomic E-state index is 12.9. The largest absolute Gasteiger partial charge is 0.464 e. The van der Waals surface area contributed by atoms with E-state index >= 15 is 0 Å². The van der Waals surface area contributed by atoms with Crippen molar-refractivity contribution in [3.05, 3.63) is 27.1 Å². The van der Waals surface area contributed by atoms with Gasteiger partial charge in [0.1, 0.15) is 15.7 Å². The van der Waals surface area contributed by atoms with Gasteiger partial charge in [-0.2, -0.15) is 0 Å². The lowest BCUT2D eigenvalue weighted by Crippen LogP contribution is -2.29. The molecular weight excluding hydrogens is 356 g/mol. The quantitative estimate of drug-likeness (QED) is 0.541. The van der Waals surface area contributed by atoms with E-state index in [-0.39, 0.29) is 11.7 Å². The molecule has 1 atom stereocenters. The SMILES string of the molecule is CCCCOC(=O)C(C)n1cnc2sc(C(=O)OC(C)C)c(C)c2c1=O. The molecule has 0 saturated carbocycles. The molecule has 142 valence electrons. The van der Waals surface area contributed by atoms with Crippen LogP contribution in [0.15, 0.2) is 11.1 Å². The molecule has 0 saturated heterocycles. The zero-order chi connectivity index (χ0) is 19.4. The van der Waals surface area contributed by atoms with Crippen LogP contribution in [0.5, 0.6) is 0 Å². The molecular formula is C18H24N2O5S. The second-order valence-corrected chi connectivity index (χ2v) is 7.34. The number of hydrogen-bond donors (Lipinski definition) is 0. The molecule has 1 unspecified atom stereocenters. The lowest BCUT2D eigenvalue weighted by atomic mass is 10.2. The Morgan fingerprint density at radius 1 is 1.31 bits per heavy atom. The van der Waals surface area contributed by atoms with Crippen molar-refractivity contribution in [2.75, 3.05) is 6.61 Å². The number of hydrogen-bond acceptors (Lipinski definition) is 7. The summed E-state index contributed by atoms with van der Waals surface area (Å²) in [6.45, 7) is 9.13. The van der Waals surface area contributed by atoms with Gasteiger partial charge >= 0.3 is 11.9 Å². The van der Waals surface area contributed by atoms with Crippen molar-refractivity contribution < 1.29 is 19.1 Å². The number of aryl methyl sites for hydroxylation is 1. The molecule has 2 heterocycles. The highest BCUT2D eigenvalue weighted by Crippen LogP contribution is 2.28. The van der Waals surface area contributed by atoms with Gasteiger partial charge in [0.25, 0.3) is 5.56 Å². The Hall–Kier alpha value is -2.22. The van der Waals surface area contributed by atoms with E-state index in [1.165, 1.54) is 10.9 Å². The van der Waals surface area contributed by atoms with Crippen LogP contribution in [0.2, 0.25) is 0 Å².